The Hall–Kier alpha value is -2.15. The molecule has 1 atom stereocenters. The minimum Gasteiger partial charge on any atom is -0.496 e. The van der Waals surface area contributed by atoms with Gasteiger partial charge in [0.1, 0.15) is 11.4 Å². The van der Waals surface area contributed by atoms with Crippen molar-refractivity contribution in [2.75, 3.05) is 25.5 Å². The number of likely N-dealkylation sites (tertiary alicyclic amines) is 1. The highest BCUT2D eigenvalue weighted by Crippen LogP contribution is 2.28. The van der Waals surface area contributed by atoms with Crippen molar-refractivity contribution in [2.24, 2.45) is 0 Å². The van der Waals surface area contributed by atoms with Crippen LogP contribution in [0.3, 0.4) is 0 Å². The van der Waals surface area contributed by atoms with Gasteiger partial charge in [-0.25, -0.2) is 0 Å². The number of nitrogens with zero attached hydrogens (tertiary/aromatic N) is 1. The first-order valence-electron chi connectivity index (χ1n) is 8.01. The van der Waals surface area contributed by atoms with Gasteiger partial charge in [-0.3, -0.25) is 14.9 Å². The molecule has 1 aliphatic heterocycles. The molecular formula is C16H24N3O4+. The van der Waals surface area contributed by atoms with Gasteiger partial charge in [0, 0.05) is 0 Å². The van der Waals surface area contributed by atoms with Gasteiger partial charge >= 0.3 is 0 Å². The molecule has 0 aliphatic carbocycles. The van der Waals surface area contributed by atoms with E-state index in [-0.39, 0.29) is 23.3 Å². The van der Waals surface area contributed by atoms with E-state index in [1.54, 1.807) is 6.07 Å². The SMILES string of the molecule is COc1ccc(NC(=O)[C@H](C)[NH+]2CCCCCC2)c([N+](=O)[O-])c1. The zero-order chi connectivity index (χ0) is 16.8. The molecule has 0 spiro atoms. The summed E-state index contributed by atoms with van der Waals surface area (Å²) in [4.78, 5) is 24.4. The number of carbonyl (C=O) groups excluding carboxylic acids is 1. The van der Waals surface area contributed by atoms with Crippen molar-refractivity contribution < 1.29 is 19.4 Å². The first-order chi connectivity index (χ1) is 11.0. The summed E-state index contributed by atoms with van der Waals surface area (Å²) in [5.74, 6) is 0.205. The maximum absolute atomic E-state index is 12.5. The number of benzene rings is 1. The first-order valence-corrected chi connectivity index (χ1v) is 8.01. The molecule has 1 fully saturated rings. The lowest BCUT2D eigenvalue weighted by molar-refractivity contribution is -0.913. The van der Waals surface area contributed by atoms with Crippen molar-refractivity contribution >= 4 is 17.3 Å². The standard InChI is InChI=1S/C16H23N3O4/c1-12(18-9-5-3-4-6-10-18)16(20)17-14-8-7-13(23-2)11-15(14)19(21)22/h7-8,11-12H,3-6,9-10H2,1-2H3,(H,17,20)/p+1/t12-/m0/s1. The third-order valence-corrected chi connectivity index (χ3v) is 4.41. The predicted octanol–water partition coefficient (Wildman–Crippen LogP) is 1.39. The number of carbonyl (C=O) groups is 1. The van der Waals surface area contributed by atoms with Crippen molar-refractivity contribution in [3.8, 4) is 5.75 Å². The molecule has 1 heterocycles. The highest BCUT2D eigenvalue weighted by molar-refractivity contribution is 5.95. The summed E-state index contributed by atoms with van der Waals surface area (Å²) in [6.45, 7) is 3.82. The van der Waals surface area contributed by atoms with Crippen molar-refractivity contribution in [2.45, 2.75) is 38.6 Å². The Morgan fingerprint density at radius 3 is 2.52 bits per heavy atom. The van der Waals surface area contributed by atoms with Gasteiger partial charge in [0.15, 0.2) is 6.04 Å². The average molecular weight is 322 g/mol. The molecule has 23 heavy (non-hydrogen) atoms. The summed E-state index contributed by atoms with van der Waals surface area (Å²) in [6.07, 6.45) is 4.66. The molecule has 0 radical (unpaired) electrons. The third-order valence-electron chi connectivity index (χ3n) is 4.41. The van der Waals surface area contributed by atoms with Gasteiger partial charge in [0.25, 0.3) is 11.6 Å². The second-order valence-corrected chi connectivity index (χ2v) is 5.92. The van der Waals surface area contributed by atoms with Crippen LogP contribution < -0.4 is 15.0 Å². The lowest BCUT2D eigenvalue weighted by atomic mass is 10.2. The van der Waals surface area contributed by atoms with Crippen LogP contribution in [0, 0.1) is 10.1 Å². The fraction of sp³-hybridized carbons (Fsp3) is 0.562. The molecule has 1 aromatic rings. The minimum atomic E-state index is -0.512. The number of quaternary nitrogens is 1. The highest BCUT2D eigenvalue weighted by Gasteiger charge is 2.27. The van der Waals surface area contributed by atoms with Crippen LogP contribution in [0.25, 0.3) is 0 Å². The van der Waals surface area contributed by atoms with Gasteiger partial charge in [-0.15, -0.1) is 0 Å². The molecule has 2 rings (SSSR count). The Morgan fingerprint density at radius 1 is 1.30 bits per heavy atom. The Kier molecular flexibility index (Phi) is 5.92. The molecule has 0 bridgehead atoms. The van der Waals surface area contributed by atoms with Crippen LogP contribution in [0.4, 0.5) is 11.4 Å². The van der Waals surface area contributed by atoms with Crippen LogP contribution in [0.1, 0.15) is 32.6 Å². The third kappa shape index (κ3) is 4.41. The smallest absolute Gasteiger partial charge is 0.296 e. The van der Waals surface area contributed by atoms with E-state index >= 15 is 0 Å². The van der Waals surface area contributed by atoms with Gasteiger partial charge in [0.05, 0.1) is 31.2 Å². The number of methoxy groups -OCH3 is 1. The molecule has 126 valence electrons. The second-order valence-electron chi connectivity index (χ2n) is 5.92. The Bertz CT molecular complexity index is 568. The number of nitrogens with one attached hydrogen (secondary N) is 2. The lowest BCUT2D eigenvalue weighted by Gasteiger charge is -2.23. The monoisotopic (exact) mass is 322 g/mol. The van der Waals surface area contributed by atoms with Crippen molar-refractivity contribution in [1.82, 2.24) is 0 Å². The quantitative estimate of drug-likeness (QED) is 0.633. The number of hydrogen-bond donors (Lipinski definition) is 2. The summed E-state index contributed by atoms with van der Waals surface area (Å²) in [7, 11) is 1.45. The van der Waals surface area contributed by atoms with Gasteiger partial charge < -0.3 is 15.0 Å². The second kappa shape index (κ2) is 7.92. The van der Waals surface area contributed by atoms with Crippen molar-refractivity contribution in [3.05, 3.63) is 28.3 Å². The van der Waals surface area contributed by atoms with Gasteiger partial charge in [-0.05, 0) is 44.7 Å². The van der Waals surface area contributed by atoms with Crippen molar-refractivity contribution in [1.29, 1.82) is 0 Å². The Labute approximate surface area is 135 Å². The predicted molar refractivity (Wildman–Crippen MR) is 86.9 cm³/mol. The Balaban J connectivity index is 2.11. The first kappa shape index (κ1) is 17.2. The number of anilines is 1. The number of amides is 1. The van der Waals surface area contributed by atoms with Crippen molar-refractivity contribution in [3.63, 3.8) is 0 Å². The van der Waals surface area contributed by atoms with E-state index in [1.165, 1.54) is 37.0 Å². The van der Waals surface area contributed by atoms with Crippen LogP contribution in [0.15, 0.2) is 18.2 Å². The average Bonchev–Trinajstić information content (AvgIpc) is 2.83. The zero-order valence-corrected chi connectivity index (χ0v) is 13.6. The van der Waals surface area contributed by atoms with E-state index in [4.69, 9.17) is 4.74 Å². The number of ether oxygens (including phenoxy) is 1. The molecule has 0 aromatic heterocycles. The molecule has 0 unspecified atom stereocenters. The summed E-state index contributed by atoms with van der Waals surface area (Å²) in [6, 6.07) is 4.21. The summed E-state index contributed by atoms with van der Waals surface area (Å²) < 4.78 is 5.00. The van der Waals surface area contributed by atoms with Crippen LogP contribution in [0.2, 0.25) is 0 Å². The number of rotatable bonds is 5. The topological polar surface area (TPSA) is 85.9 Å². The molecule has 1 saturated heterocycles. The van der Waals surface area contributed by atoms with Crippen LogP contribution >= 0.6 is 0 Å². The van der Waals surface area contributed by atoms with E-state index in [0.717, 1.165) is 25.9 Å². The van der Waals surface area contributed by atoms with Gasteiger partial charge in [0.2, 0.25) is 0 Å². The van der Waals surface area contributed by atoms with Gasteiger partial charge in [-0.2, -0.15) is 0 Å². The van der Waals surface area contributed by atoms with Crippen LogP contribution in [0.5, 0.6) is 5.75 Å². The van der Waals surface area contributed by atoms with E-state index < -0.39 is 4.92 Å². The number of nitro groups is 1. The fourth-order valence-electron chi connectivity index (χ4n) is 2.94. The molecule has 1 aromatic carbocycles. The van der Waals surface area contributed by atoms with Crippen LogP contribution in [-0.2, 0) is 4.79 Å². The van der Waals surface area contributed by atoms with Crippen LogP contribution in [-0.4, -0.2) is 37.1 Å². The zero-order valence-electron chi connectivity index (χ0n) is 13.6. The molecule has 2 N–H and O–H groups in total. The molecule has 1 amide bonds. The molecule has 1 aliphatic rings. The lowest BCUT2D eigenvalue weighted by Crippen LogP contribution is -3.16. The number of hydrogen-bond acceptors (Lipinski definition) is 4. The molecule has 0 saturated carbocycles. The fourth-order valence-corrected chi connectivity index (χ4v) is 2.94. The minimum absolute atomic E-state index is 0.157. The largest absolute Gasteiger partial charge is 0.496 e. The maximum Gasteiger partial charge on any atom is 0.296 e. The summed E-state index contributed by atoms with van der Waals surface area (Å²) in [5.41, 5.74) is 0.0534. The van der Waals surface area contributed by atoms with E-state index in [0.29, 0.717) is 5.75 Å². The van der Waals surface area contributed by atoms with E-state index in [1.807, 2.05) is 6.92 Å². The summed E-state index contributed by atoms with van der Waals surface area (Å²) >= 11 is 0. The molecular weight excluding hydrogens is 298 g/mol. The molecule has 7 nitrogen and oxygen atoms in total. The normalized spacial score (nSPS) is 17.1. The maximum atomic E-state index is 12.5. The van der Waals surface area contributed by atoms with Gasteiger partial charge in [-0.1, -0.05) is 0 Å². The highest BCUT2D eigenvalue weighted by atomic mass is 16.6. The van der Waals surface area contributed by atoms with E-state index in [9.17, 15) is 14.9 Å². The van der Waals surface area contributed by atoms with E-state index in [2.05, 4.69) is 5.32 Å². The Morgan fingerprint density at radius 2 is 1.96 bits per heavy atom. The summed E-state index contributed by atoms with van der Waals surface area (Å²) in [5, 5.41) is 13.9. The number of nitro benzene ring substituents is 1. The molecule has 7 heteroatoms.